The van der Waals surface area contributed by atoms with E-state index in [0.29, 0.717) is 17.8 Å². The van der Waals surface area contributed by atoms with Crippen LogP contribution < -0.4 is 10.6 Å². The molecule has 0 saturated carbocycles. The number of nitrogens with zero attached hydrogens (tertiary/aromatic N) is 1. The highest BCUT2D eigenvalue weighted by Crippen LogP contribution is 2.14. The number of nitrogens with one attached hydrogen (secondary N) is 2. The van der Waals surface area contributed by atoms with Crippen LogP contribution >= 0.6 is 0 Å². The largest absolute Gasteiger partial charge is 0.383 e. The molecule has 7 nitrogen and oxygen atoms in total. The van der Waals surface area contributed by atoms with Gasteiger partial charge in [-0.05, 0) is 19.1 Å². The minimum atomic E-state index is -0.663. The smallest absolute Gasteiger partial charge is 0.292 e. The first kappa shape index (κ1) is 17.1. The molecule has 1 amide bonds. The van der Waals surface area contributed by atoms with Gasteiger partial charge in [-0.2, -0.15) is 0 Å². The third kappa shape index (κ3) is 4.64. The summed E-state index contributed by atoms with van der Waals surface area (Å²) in [6.45, 7) is 2.55. The minimum absolute atomic E-state index is 0.0116. The molecule has 0 aliphatic carbocycles. The minimum Gasteiger partial charge on any atom is -0.383 e. The first-order valence-electron chi connectivity index (χ1n) is 7.35. The van der Waals surface area contributed by atoms with Crippen LogP contribution in [0.15, 0.2) is 48.5 Å². The van der Waals surface area contributed by atoms with E-state index in [1.807, 2.05) is 6.92 Å². The van der Waals surface area contributed by atoms with Gasteiger partial charge in [0.05, 0.1) is 4.92 Å². The predicted octanol–water partition coefficient (Wildman–Crippen LogP) is 2.31. The maximum Gasteiger partial charge on any atom is 0.292 e. The highest BCUT2D eigenvalue weighted by atomic mass is 16.6. The first-order valence-corrected chi connectivity index (χ1v) is 7.35. The molecule has 2 N–H and O–H groups in total. The van der Waals surface area contributed by atoms with E-state index in [1.165, 1.54) is 12.1 Å². The molecule has 0 saturated heterocycles. The number of hydrogen-bond donors (Lipinski definition) is 2. The van der Waals surface area contributed by atoms with Crippen molar-refractivity contribution in [3.63, 3.8) is 0 Å². The molecule has 0 unspecified atom stereocenters. The fourth-order valence-corrected chi connectivity index (χ4v) is 2.00. The standard InChI is InChI=1S/C17H17N3O4/c1-12-2-4-13(5-3-12)16(21)17(22)19-11-10-18-14-6-8-15(9-7-14)20(23)24/h2-9,18H,10-11H2,1H3,(H,19,22). The number of Topliss-reactive ketones (excluding diaryl/α,β-unsaturated/α-hetero) is 1. The van der Waals surface area contributed by atoms with Crippen LogP contribution in [0.4, 0.5) is 11.4 Å². The van der Waals surface area contributed by atoms with Gasteiger partial charge in [-0.25, -0.2) is 0 Å². The molecule has 0 heterocycles. The fraction of sp³-hybridized carbons (Fsp3) is 0.176. The van der Waals surface area contributed by atoms with Gasteiger partial charge in [-0.1, -0.05) is 29.8 Å². The summed E-state index contributed by atoms with van der Waals surface area (Å²) >= 11 is 0. The lowest BCUT2D eigenvalue weighted by Crippen LogP contribution is -2.34. The quantitative estimate of drug-likeness (QED) is 0.267. The van der Waals surface area contributed by atoms with Gasteiger partial charge >= 0.3 is 0 Å². The van der Waals surface area contributed by atoms with Crippen LogP contribution in [0.1, 0.15) is 15.9 Å². The van der Waals surface area contributed by atoms with Crippen molar-refractivity contribution in [1.29, 1.82) is 0 Å². The van der Waals surface area contributed by atoms with Crippen LogP contribution in [0.5, 0.6) is 0 Å². The molecule has 0 radical (unpaired) electrons. The fourth-order valence-electron chi connectivity index (χ4n) is 2.00. The Kier molecular flexibility index (Phi) is 5.62. The van der Waals surface area contributed by atoms with Crippen LogP contribution in [0, 0.1) is 17.0 Å². The Morgan fingerprint density at radius 1 is 1.00 bits per heavy atom. The molecule has 0 atom stereocenters. The monoisotopic (exact) mass is 327 g/mol. The van der Waals surface area contributed by atoms with E-state index in [0.717, 1.165) is 5.56 Å². The number of non-ortho nitro benzene ring substituents is 1. The van der Waals surface area contributed by atoms with Crippen LogP contribution in [-0.2, 0) is 4.79 Å². The number of hydrogen-bond acceptors (Lipinski definition) is 5. The Balaban J connectivity index is 1.77. The van der Waals surface area contributed by atoms with Gasteiger partial charge < -0.3 is 10.6 Å². The van der Waals surface area contributed by atoms with Crippen LogP contribution in [-0.4, -0.2) is 29.7 Å². The van der Waals surface area contributed by atoms with Crippen molar-refractivity contribution in [2.24, 2.45) is 0 Å². The number of nitro groups is 1. The molecule has 7 heteroatoms. The summed E-state index contributed by atoms with van der Waals surface area (Å²) in [5.41, 5.74) is 2.07. The highest BCUT2D eigenvalue weighted by molar-refractivity contribution is 6.42. The maximum absolute atomic E-state index is 11.9. The summed E-state index contributed by atoms with van der Waals surface area (Å²) in [5, 5.41) is 16.1. The van der Waals surface area contributed by atoms with Gasteiger partial charge in [0.25, 0.3) is 11.6 Å². The molecular weight excluding hydrogens is 310 g/mol. The number of benzene rings is 2. The zero-order chi connectivity index (χ0) is 17.5. The van der Waals surface area contributed by atoms with E-state index in [-0.39, 0.29) is 12.2 Å². The van der Waals surface area contributed by atoms with Gasteiger partial charge in [-0.3, -0.25) is 19.7 Å². The second kappa shape index (κ2) is 7.87. The number of carbonyl (C=O) groups is 2. The van der Waals surface area contributed by atoms with Gasteiger partial charge in [0.15, 0.2) is 0 Å². The van der Waals surface area contributed by atoms with E-state index in [1.54, 1.807) is 36.4 Å². The summed E-state index contributed by atoms with van der Waals surface area (Å²) < 4.78 is 0. The lowest BCUT2D eigenvalue weighted by molar-refractivity contribution is -0.384. The van der Waals surface area contributed by atoms with Gasteiger partial charge in [0, 0.05) is 36.5 Å². The summed E-state index contributed by atoms with van der Waals surface area (Å²) in [4.78, 5) is 33.8. The second-order valence-electron chi connectivity index (χ2n) is 5.18. The molecule has 0 bridgehead atoms. The van der Waals surface area contributed by atoms with E-state index >= 15 is 0 Å². The molecule has 24 heavy (non-hydrogen) atoms. The number of ketones is 1. The van der Waals surface area contributed by atoms with Crippen molar-refractivity contribution in [3.8, 4) is 0 Å². The Morgan fingerprint density at radius 2 is 1.62 bits per heavy atom. The third-order valence-electron chi connectivity index (χ3n) is 3.34. The normalized spacial score (nSPS) is 10.0. The molecule has 124 valence electrons. The summed E-state index contributed by atoms with van der Waals surface area (Å²) in [5.74, 6) is -1.24. The lowest BCUT2D eigenvalue weighted by Gasteiger charge is -2.07. The van der Waals surface area contributed by atoms with Crippen molar-refractivity contribution in [3.05, 3.63) is 69.8 Å². The summed E-state index contributed by atoms with van der Waals surface area (Å²) in [7, 11) is 0. The average molecular weight is 327 g/mol. The molecule has 0 fully saturated rings. The number of carbonyl (C=O) groups excluding carboxylic acids is 2. The molecule has 2 aromatic rings. The van der Waals surface area contributed by atoms with Crippen LogP contribution in [0.3, 0.4) is 0 Å². The Morgan fingerprint density at radius 3 is 2.21 bits per heavy atom. The molecule has 0 aromatic heterocycles. The third-order valence-corrected chi connectivity index (χ3v) is 3.34. The lowest BCUT2D eigenvalue weighted by atomic mass is 10.1. The SMILES string of the molecule is Cc1ccc(C(=O)C(=O)NCCNc2ccc([N+](=O)[O-])cc2)cc1. The van der Waals surface area contributed by atoms with Crippen molar-refractivity contribution in [2.75, 3.05) is 18.4 Å². The molecule has 2 aromatic carbocycles. The van der Waals surface area contributed by atoms with Crippen molar-refractivity contribution < 1.29 is 14.5 Å². The van der Waals surface area contributed by atoms with E-state index < -0.39 is 16.6 Å². The average Bonchev–Trinajstić information content (AvgIpc) is 2.59. The zero-order valence-corrected chi connectivity index (χ0v) is 13.1. The van der Waals surface area contributed by atoms with Gasteiger partial charge in [0.1, 0.15) is 0 Å². The van der Waals surface area contributed by atoms with Crippen molar-refractivity contribution in [1.82, 2.24) is 5.32 Å². The number of amides is 1. The Hall–Kier alpha value is -3.22. The topological polar surface area (TPSA) is 101 Å². The van der Waals surface area contributed by atoms with Crippen LogP contribution in [0.25, 0.3) is 0 Å². The predicted molar refractivity (Wildman–Crippen MR) is 90.1 cm³/mol. The summed E-state index contributed by atoms with van der Waals surface area (Å²) in [6, 6.07) is 12.7. The Bertz CT molecular complexity index is 739. The molecule has 0 aliphatic heterocycles. The summed E-state index contributed by atoms with van der Waals surface area (Å²) in [6.07, 6.45) is 0. The molecule has 0 spiro atoms. The highest BCUT2D eigenvalue weighted by Gasteiger charge is 2.15. The molecular formula is C17H17N3O4. The van der Waals surface area contributed by atoms with E-state index in [4.69, 9.17) is 0 Å². The van der Waals surface area contributed by atoms with E-state index in [2.05, 4.69) is 10.6 Å². The maximum atomic E-state index is 11.9. The zero-order valence-electron chi connectivity index (χ0n) is 13.1. The number of aryl methyl sites for hydroxylation is 1. The van der Waals surface area contributed by atoms with Crippen LogP contribution in [0.2, 0.25) is 0 Å². The number of anilines is 1. The molecule has 2 rings (SSSR count). The first-order chi connectivity index (χ1) is 11.5. The number of nitro benzene ring substituents is 1. The van der Waals surface area contributed by atoms with Gasteiger partial charge in [0.2, 0.25) is 5.78 Å². The van der Waals surface area contributed by atoms with E-state index in [9.17, 15) is 19.7 Å². The van der Waals surface area contributed by atoms with Gasteiger partial charge in [-0.15, -0.1) is 0 Å². The van der Waals surface area contributed by atoms with Crippen molar-refractivity contribution in [2.45, 2.75) is 6.92 Å². The number of rotatable bonds is 7. The molecule has 0 aliphatic rings. The Labute approximate surface area is 138 Å². The second-order valence-corrected chi connectivity index (χ2v) is 5.18. The van der Waals surface area contributed by atoms with Crippen molar-refractivity contribution >= 4 is 23.1 Å².